The number of nitrogens with zero attached hydrogens (tertiary/aromatic N) is 2. The van der Waals surface area contributed by atoms with Gasteiger partial charge in [-0.15, -0.1) is 0 Å². The Bertz CT molecular complexity index is 774. The first-order valence-electron chi connectivity index (χ1n) is 5.97. The predicted octanol–water partition coefficient (Wildman–Crippen LogP) is 2.67. The van der Waals surface area contributed by atoms with Crippen LogP contribution in [0.25, 0.3) is 11.4 Å². The Morgan fingerprint density at radius 3 is 2.90 bits per heavy atom. The maximum atomic E-state index is 11.0. The molecule has 0 atom stereocenters. The van der Waals surface area contributed by atoms with Gasteiger partial charge < -0.3 is 9.51 Å². The predicted molar refractivity (Wildman–Crippen MR) is 74.6 cm³/mol. The highest BCUT2D eigenvalue weighted by Gasteiger charge is 2.09. The molecule has 3 aromatic rings. The molecule has 0 bridgehead atoms. The summed E-state index contributed by atoms with van der Waals surface area (Å²) in [6.07, 6.45) is 2.06. The topological polar surface area (TPSA) is 71.8 Å². The highest BCUT2D eigenvalue weighted by Crippen LogP contribution is 2.17. The highest BCUT2D eigenvalue weighted by molar-refractivity contribution is 6.30. The quantitative estimate of drug-likeness (QED) is 0.804. The number of hydrogen-bond donors (Lipinski definition) is 1. The Hall–Kier alpha value is -2.40. The van der Waals surface area contributed by atoms with Gasteiger partial charge in [0, 0.05) is 22.8 Å². The van der Waals surface area contributed by atoms with E-state index in [0.29, 0.717) is 28.7 Å². The Labute approximate surface area is 119 Å². The van der Waals surface area contributed by atoms with Crippen LogP contribution in [0.15, 0.2) is 51.9 Å². The molecule has 0 saturated heterocycles. The molecule has 0 radical (unpaired) electrons. The number of pyridine rings is 1. The zero-order chi connectivity index (χ0) is 13.9. The summed E-state index contributed by atoms with van der Waals surface area (Å²) < 4.78 is 5.20. The number of rotatable bonds is 3. The standard InChI is InChI=1S/C14H10ClN3O2/c15-11-3-1-2-9(6-11)7-13-17-14(18-20-13)10-4-5-12(19)16-8-10/h1-6,8H,7H2,(H,16,19). The third-order valence-corrected chi connectivity index (χ3v) is 2.99. The van der Waals surface area contributed by atoms with Crippen molar-refractivity contribution in [2.45, 2.75) is 6.42 Å². The first-order valence-corrected chi connectivity index (χ1v) is 6.35. The van der Waals surface area contributed by atoms with Crippen molar-refractivity contribution < 1.29 is 4.52 Å². The van der Waals surface area contributed by atoms with E-state index in [-0.39, 0.29) is 5.56 Å². The average molecular weight is 288 g/mol. The molecular formula is C14H10ClN3O2. The molecule has 6 heteroatoms. The van der Waals surface area contributed by atoms with Crippen LogP contribution in [0.2, 0.25) is 5.02 Å². The van der Waals surface area contributed by atoms with E-state index < -0.39 is 0 Å². The Balaban J connectivity index is 1.83. The molecule has 2 aromatic heterocycles. The van der Waals surface area contributed by atoms with E-state index in [1.807, 2.05) is 24.3 Å². The van der Waals surface area contributed by atoms with Crippen molar-refractivity contribution >= 4 is 11.6 Å². The van der Waals surface area contributed by atoms with Crippen LogP contribution in [0.4, 0.5) is 0 Å². The zero-order valence-corrected chi connectivity index (χ0v) is 11.1. The highest BCUT2D eigenvalue weighted by atomic mass is 35.5. The second kappa shape index (κ2) is 5.30. The van der Waals surface area contributed by atoms with Crippen LogP contribution in [-0.4, -0.2) is 15.1 Å². The van der Waals surface area contributed by atoms with Crippen LogP contribution in [0.1, 0.15) is 11.5 Å². The lowest BCUT2D eigenvalue weighted by atomic mass is 10.1. The van der Waals surface area contributed by atoms with E-state index in [1.54, 1.807) is 12.3 Å². The zero-order valence-electron chi connectivity index (χ0n) is 10.3. The van der Waals surface area contributed by atoms with Crippen molar-refractivity contribution in [3.8, 4) is 11.4 Å². The summed E-state index contributed by atoms with van der Waals surface area (Å²) in [5.74, 6) is 0.937. The van der Waals surface area contributed by atoms with E-state index in [0.717, 1.165) is 5.56 Å². The second-order valence-electron chi connectivity index (χ2n) is 4.26. The van der Waals surface area contributed by atoms with E-state index in [9.17, 15) is 4.79 Å². The van der Waals surface area contributed by atoms with Crippen LogP contribution in [-0.2, 0) is 6.42 Å². The van der Waals surface area contributed by atoms with Crippen LogP contribution in [0, 0.1) is 0 Å². The van der Waals surface area contributed by atoms with Crippen LogP contribution >= 0.6 is 11.6 Å². The Morgan fingerprint density at radius 2 is 2.15 bits per heavy atom. The van der Waals surface area contributed by atoms with Gasteiger partial charge in [0.2, 0.25) is 17.3 Å². The van der Waals surface area contributed by atoms with Crippen molar-refractivity contribution in [2.24, 2.45) is 0 Å². The molecule has 0 fully saturated rings. The van der Waals surface area contributed by atoms with E-state index in [1.165, 1.54) is 6.07 Å². The minimum absolute atomic E-state index is 0.170. The minimum Gasteiger partial charge on any atom is -0.339 e. The molecule has 2 heterocycles. The van der Waals surface area contributed by atoms with Crippen molar-refractivity contribution in [1.29, 1.82) is 0 Å². The number of hydrogen-bond acceptors (Lipinski definition) is 4. The SMILES string of the molecule is O=c1ccc(-c2noc(Cc3cccc(Cl)c3)n2)c[nH]1. The van der Waals surface area contributed by atoms with E-state index in [4.69, 9.17) is 16.1 Å². The van der Waals surface area contributed by atoms with Crippen molar-refractivity contribution in [1.82, 2.24) is 15.1 Å². The normalized spacial score (nSPS) is 10.7. The molecule has 0 aliphatic heterocycles. The molecule has 3 rings (SSSR count). The van der Waals surface area contributed by atoms with Crippen molar-refractivity contribution in [3.63, 3.8) is 0 Å². The smallest absolute Gasteiger partial charge is 0.247 e. The van der Waals surface area contributed by atoms with Crippen LogP contribution in [0.3, 0.4) is 0 Å². The summed E-state index contributed by atoms with van der Waals surface area (Å²) in [6, 6.07) is 10.5. The summed E-state index contributed by atoms with van der Waals surface area (Å²) in [7, 11) is 0. The number of benzene rings is 1. The lowest BCUT2D eigenvalue weighted by molar-refractivity contribution is 0.385. The molecule has 0 aliphatic carbocycles. The largest absolute Gasteiger partial charge is 0.339 e. The number of aromatic nitrogens is 3. The number of halogens is 1. The second-order valence-corrected chi connectivity index (χ2v) is 4.70. The van der Waals surface area contributed by atoms with Gasteiger partial charge in [-0.05, 0) is 23.8 Å². The van der Waals surface area contributed by atoms with Gasteiger partial charge in [-0.3, -0.25) is 4.79 Å². The van der Waals surface area contributed by atoms with Crippen molar-refractivity contribution in [3.05, 3.63) is 69.4 Å². The van der Waals surface area contributed by atoms with Gasteiger partial charge in [-0.2, -0.15) is 4.98 Å². The van der Waals surface area contributed by atoms with Gasteiger partial charge in [0.1, 0.15) is 0 Å². The van der Waals surface area contributed by atoms with E-state index >= 15 is 0 Å². The Morgan fingerprint density at radius 1 is 1.25 bits per heavy atom. The number of aromatic amines is 1. The number of nitrogens with one attached hydrogen (secondary N) is 1. The lowest BCUT2D eigenvalue weighted by Gasteiger charge is -1.96. The fourth-order valence-electron chi connectivity index (χ4n) is 1.82. The number of H-pyrrole nitrogens is 1. The molecule has 0 aliphatic rings. The van der Waals surface area contributed by atoms with Gasteiger partial charge in [-0.25, -0.2) is 0 Å². The summed E-state index contributed by atoms with van der Waals surface area (Å²) in [5.41, 5.74) is 1.52. The summed E-state index contributed by atoms with van der Waals surface area (Å²) in [5, 5.41) is 4.56. The van der Waals surface area contributed by atoms with Crippen molar-refractivity contribution in [2.75, 3.05) is 0 Å². The third-order valence-electron chi connectivity index (χ3n) is 2.75. The van der Waals surface area contributed by atoms with Gasteiger partial charge in [0.05, 0.1) is 6.42 Å². The molecule has 1 N–H and O–H groups in total. The van der Waals surface area contributed by atoms with Gasteiger partial charge in [0.25, 0.3) is 0 Å². The summed E-state index contributed by atoms with van der Waals surface area (Å²) in [4.78, 5) is 17.9. The fourth-order valence-corrected chi connectivity index (χ4v) is 2.03. The molecule has 0 amide bonds. The molecule has 100 valence electrons. The van der Waals surface area contributed by atoms with Crippen LogP contribution < -0.4 is 5.56 Å². The summed E-state index contributed by atoms with van der Waals surface area (Å²) in [6.45, 7) is 0. The summed E-state index contributed by atoms with van der Waals surface area (Å²) >= 11 is 5.93. The minimum atomic E-state index is -0.170. The first-order chi connectivity index (χ1) is 9.70. The third kappa shape index (κ3) is 2.78. The van der Waals surface area contributed by atoms with Gasteiger partial charge in [-0.1, -0.05) is 28.9 Å². The molecule has 20 heavy (non-hydrogen) atoms. The lowest BCUT2D eigenvalue weighted by Crippen LogP contribution is -2.01. The Kier molecular flexibility index (Phi) is 3.35. The first kappa shape index (κ1) is 12.6. The monoisotopic (exact) mass is 287 g/mol. The maximum absolute atomic E-state index is 11.0. The average Bonchev–Trinajstić information content (AvgIpc) is 2.88. The maximum Gasteiger partial charge on any atom is 0.247 e. The van der Waals surface area contributed by atoms with E-state index in [2.05, 4.69) is 15.1 Å². The molecule has 0 unspecified atom stereocenters. The molecular weight excluding hydrogens is 278 g/mol. The molecule has 0 spiro atoms. The molecule has 5 nitrogen and oxygen atoms in total. The molecule has 0 saturated carbocycles. The molecule has 1 aromatic carbocycles. The fraction of sp³-hybridized carbons (Fsp3) is 0.0714. The van der Waals surface area contributed by atoms with Crippen LogP contribution in [0.5, 0.6) is 0 Å². The van der Waals surface area contributed by atoms with Gasteiger partial charge >= 0.3 is 0 Å². The van der Waals surface area contributed by atoms with Gasteiger partial charge in [0.15, 0.2) is 0 Å².